The van der Waals surface area contributed by atoms with Crippen LogP contribution >= 0.6 is 11.3 Å². The van der Waals surface area contributed by atoms with E-state index in [1.807, 2.05) is 11.3 Å². The van der Waals surface area contributed by atoms with Crippen molar-refractivity contribution in [3.8, 4) is 22.3 Å². The predicted molar refractivity (Wildman–Crippen MR) is 243 cm³/mol. The minimum Gasteiger partial charge on any atom is -0.309 e. The Kier molecular flexibility index (Phi) is 6.31. The molecule has 0 unspecified atom stereocenters. The van der Waals surface area contributed by atoms with Crippen molar-refractivity contribution in [2.75, 3.05) is 4.90 Å². The van der Waals surface area contributed by atoms with Crippen LogP contribution in [0.15, 0.2) is 200 Å². The van der Waals surface area contributed by atoms with Crippen molar-refractivity contribution in [1.29, 1.82) is 0 Å². The highest BCUT2D eigenvalue weighted by molar-refractivity contribution is 7.26. The van der Waals surface area contributed by atoms with Gasteiger partial charge in [0.15, 0.2) is 0 Å². The third-order valence-electron chi connectivity index (χ3n) is 12.8. The summed E-state index contributed by atoms with van der Waals surface area (Å²) in [5, 5.41) is 10.3. The Labute approximate surface area is 334 Å². The Balaban J connectivity index is 1.13. The third-order valence-corrected chi connectivity index (χ3v) is 14.1. The summed E-state index contributed by atoms with van der Waals surface area (Å²) in [6.45, 7) is 0. The molecule has 2 aliphatic rings. The van der Waals surface area contributed by atoms with E-state index < -0.39 is 5.41 Å². The number of fused-ring (bicyclic) bond motifs is 19. The number of hydrogen-bond acceptors (Lipinski definition) is 2. The van der Waals surface area contributed by atoms with Gasteiger partial charge in [0, 0.05) is 26.8 Å². The maximum Gasteiger partial charge on any atom is 0.0726 e. The first kappa shape index (κ1) is 31.2. The fourth-order valence-corrected chi connectivity index (χ4v) is 11.8. The fourth-order valence-electron chi connectivity index (χ4n) is 10.6. The third kappa shape index (κ3) is 4.07. The summed E-state index contributed by atoms with van der Waals surface area (Å²) < 4.78 is 2.59. The SMILES string of the molecule is c1ccc2c(c1)-c1ccccc1C21c2ccccc2-c2ccc(N(c3ccc4c5ccccc5c5ccccc5c4c3)c3cccc4c3sc3ccccc34)cc21. The first-order chi connectivity index (χ1) is 28.3. The summed E-state index contributed by atoms with van der Waals surface area (Å²) in [5.41, 5.74) is 13.7. The van der Waals surface area contributed by atoms with Crippen LogP contribution in [0.4, 0.5) is 17.1 Å². The van der Waals surface area contributed by atoms with Gasteiger partial charge in [0.1, 0.15) is 0 Å². The highest BCUT2D eigenvalue weighted by Crippen LogP contribution is 2.63. The van der Waals surface area contributed by atoms with E-state index >= 15 is 0 Å². The van der Waals surface area contributed by atoms with Crippen LogP contribution in [-0.2, 0) is 5.41 Å². The number of rotatable bonds is 3. The van der Waals surface area contributed by atoms with E-state index in [4.69, 9.17) is 0 Å². The standard InChI is InChI=1S/C55H33NS/c1-2-16-38-36(14-1)37-15-3-4-17-39(37)47-32-34(28-30-40(38)47)56(52-26-13-22-46-45-21-8-12-27-53(45)57-54(46)52)35-29-31-44-43-20-7-11-25-50(43)55(51(44)33-35)48-23-9-5-18-41(48)42-19-6-10-24-49(42)55/h1-33H. The summed E-state index contributed by atoms with van der Waals surface area (Å²) in [7, 11) is 0. The zero-order valence-electron chi connectivity index (χ0n) is 30.9. The van der Waals surface area contributed by atoms with Crippen LogP contribution in [0, 0.1) is 0 Å². The smallest absolute Gasteiger partial charge is 0.0726 e. The molecule has 57 heavy (non-hydrogen) atoms. The van der Waals surface area contributed by atoms with Gasteiger partial charge in [0.25, 0.3) is 0 Å². The largest absolute Gasteiger partial charge is 0.309 e. The number of anilines is 3. The summed E-state index contributed by atoms with van der Waals surface area (Å²) in [4.78, 5) is 2.53. The van der Waals surface area contributed by atoms with Crippen molar-refractivity contribution in [2.45, 2.75) is 5.41 Å². The lowest BCUT2D eigenvalue weighted by Gasteiger charge is -2.32. The van der Waals surface area contributed by atoms with E-state index in [1.165, 1.54) is 103 Å². The van der Waals surface area contributed by atoms with E-state index in [-0.39, 0.29) is 0 Å². The Morgan fingerprint density at radius 1 is 0.316 bits per heavy atom. The van der Waals surface area contributed by atoms with E-state index in [0.717, 1.165) is 11.4 Å². The topological polar surface area (TPSA) is 3.24 Å². The van der Waals surface area contributed by atoms with Crippen LogP contribution in [0.25, 0.3) is 74.7 Å². The predicted octanol–water partition coefficient (Wildman–Crippen LogP) is 15.3. The molecule has 0 radical (unpaired) electrons. The minimum atomic E-state index is -0.428. The molecule has 2 aliphatic carbocycles. The van der Waals surface area contributed by atoms with Crippen LogP contribution in [-0.4, -0.2) is 0 Å². The normalized spacial score (nSPS) is 13.4. The molecule has 11 aromatic rings. The van der Waals surface area contributed by atoms with Gasteiger partial charge in [-0.1, -0.05) is 164 Å². The highest BCUT2D eigenvalue weighted by Gasteiger charge is 2.51. The van der Waals surface area contributed by atoms with Crippen molar-refractivity contribution < 1.29 is 0 Å². The van der Waals surface area contributed by atoms with Gasteiger partial charge in [-0.15, -0.1) is 11.3 Å². The molecular formula is C55H33NS. The number of thiophene rings is 1. The van der Waals surface area contributed by atoms with Crippen molar-refractivity contribution in [3.63, 3.8) is 0 Å². The molecule has 0 bridgehead atoms. The Bertz CT molecular complexity index is 3400. The summed E-state index contributed by atoms with van der Waals surface area (Å²) in [6.07, 6.45) is 0. The van der Waals surface area contributed by atoms with Gasteiger partial charge >= 0.3 is 0 Å². The van der Waals surface area contributed by atoms with Gasteiger partial charge in [-0.25, -0.2) is 0 Å². The average molecular weight is 740 g/mol. The molecule has 0 atom stereocenters. The molecule has 1 spiro atoms. The maximum absolute atomic E-state index is 2.53. The quantitative estimate of drug-likeness (QED) is 0.163. The molecule has 0 amide bonds. The zero-order chi connectivity index (χ0) is 37.2. The summed E-state index contributed by atoms with van der Waals surface area (Å²) in [6, 6.07) is 75.1. The maximum atomic E-state index is 2.53. The van der Waals surface area contributed by atoms with Gasteiger partial charge in [0.05, 0.1) is 15.8 Å². The van der Waals surface area contributed by atoms with Crippen LogP contribution in [0.3, 0.4) is 0 Å². The molecule has 0 aliphatic heterocycles. The van der Waals surface area contributed by atoms with E-state index in [9.17, 15) is 0 Å². The highest BCUT2D eigenvalue weighted by atomic mass is 32.1. The molecule has 10 aromatic carbocycles. The second-order valence-electron chi connectivity index (χ2n) is 15.5. The molecule has 0 N–H and O–H groups in total. The van der Waals surface area contributed by atoms with Crippen LogP contribution in [0.5, 0.6) is 0 Å². The summed E-state index contributed by atoms with van der Waals surface area (Å²) in [5.74, 6) is 0. The van der Waals surface area contributed by atoms with Gasteiger partial charge in [-0.3, -0.25) is 0 Å². The van der Waals surface area contributed by atoms with Crippen molar-refractivity contribution in [2.24, 2.45) is 0 Å². The van der Waals surface area contributed by atoms with Crippen molar-refractivity contribution in [1.82, 2.24) is 0 Å². The molecule has 0 saturated carbocycles. The summed E-state index contributed by atoms with van der Waals surface area (Å²) >= 11 is 1.89. The monoisotopic (exact) mass is 739 g/mol. The lowest BCUT2D eigenvalue weighted by atomic mass is 9.70. The van der Waals surface area contributed by atoms with Crippen molar-refractivity contribution in [3.05, 3.63) is 222 Å². The van der Waals surface area contributed by atoms with Crippen molar-refractivity contribution >= 4 is 80.9 Å². The molecular weight excluding hydrogens is 707 g/mol. The Hall–Kier alpha value is -7.00. The zero-order valence-corrected chi connectivity index (χ0v) is 31.7. The molecule has 264 valence electrons. The Morgan fingerprint density at radius 2 is 0.772 bits per heavy atom. The van der Waals surface area contributed by atoms with Crippen LogP contribution in [0.1, 0.15) is 22.3 Å². The number of hydrogen-bond donors (Lipinski definition) is 0. The van der Waals surface area contributed by atoms with Crippen LogP contribution in [0.2, 0.25) is 0 Å². The first-order valence-electron chi connectivity index (χ1n) is 19.8. The van der Waals surface area contributed by atoms with E-state index in [2.05, 4.69) is 205 Å². The molecule has 2 heteroatoms. The molecule has 1 nitrogen and oxygen atoms in total. The molecule has 13 rings (SSSR count). The first-order valence-corrected chi connectivity index (χ1v) is 20.6. The Morgan fingerprint density at radius 3 is 1.40 bits per heavy atom. The lowest BCUT2D eigenvalue weighted by Crippen LogP contribution is -2.26. The van der Waals surface area contributed by atoms with Gasteiger partial charge < -0.3 is 4.90 Å². The lowest BCUT2D eigenvalue weighted by molar-refractivity contribution is 0.793. The van der Waals surface area contributed by atoms with Gasteiger partial charge in [-0.2, -0.15) is 0 Å². The van der Waals surface area contributed by atoms with Crippen LogP contribution < -0.4 is 4.90 Å². The molecule has 0 fully saturated rings. The van der Waals surface area contributed by atoms with E-state index in [1.54, 1.807) is 0 Å². The average Bonchev–Trinajstić information content (AvgIpc) is 3.91. The second kappa shape index (κ2) is 11.5. The van der Waals surface area contributed by atoms with E-state index in [0.29, 0.717) is 0 Å². The number of nitrogens with zero attached hydrogens (tertiary/aromatic N) is 1. The number of benzene rings is 10. The molecule has 1 heterocycles. The minimum absolute atomic E-state index is 0.428. The second-order valence-corrected chi connectivity index (χ2v) is 16.6. The molecule has 1 aromatic heterocycles. The fraction of sp³-hybridized carbons (Fsp3) is 0.0182. The molecule has 0 saturated heterocycles. The van der Waals surface area contributed by atoms with Gasteiger partial charge in [-0.05, 0) is 113 Å². The van der Waals surface area contributed by atoms with Gasteiger partial charge in [0.2, 0.25) is 0 Å².